The number of carbonyl (C=O) groups excluding carboxylic acids is 2. The molecule has 1 aliphatic rings. The van der Waals surface area contributed by atoms with Crippen LogP contribution in [0.4, 0.5) is 5.69 Å². The van der Waals surface area contributed by atoms with Crippen LogP contribution in [0.2, 0.25) is 0 Å². The molecule has 0 saturated carbocycles. The Hall–Kier alpha value is -1.73. The fraction of sp³-hybridized carbons (Fsp3) is 0.385. The van der Waals surface area contributed by atoms with Crippen LogP contribution in [-0.4, -0.2) is 11.8 Å². The van der Waals surface area contributed by atoms with E-state index in [0.717, 1.165) is 5.56 Å². The van der Waals surface area contributed by atoms with E-state index >= 15 is 0 Å². The van der Waals surface area contributed by atoms with Gasteiger partial charge in [0, 0.05) is 12.1 Å². The molecule has 0 aliphatic carbocycles. The van der Waals surface area contributed by atoms with Crippen molar-refractivity contribution >= 4 is 25.3 Å². The Morgan fingerprint density at radius 2 is 1.73 bits per heavy atom. The lowest BCUT2D eigenvalue weighted by atomic mass is 9.72. The maximum Gasteiger partial charge on any atom is 0.237 e. The van der Waals surface area contributed by atoms with Gasteiger partial charge in [-0.15, -0.1) is 0 Å². The smallest absolute Gasteiger partial charge is 0.237 e. The lowest BCUT2D eigenvalue weighted by Crippen LogP contribution is -2.51. The summed E-state index contributed by atoms with van der Waals surface area (Å²) in [5.74, 6) is -0.379. The van der Waals surface area contributed by atoms with Crippen molar-refractivity contribution in [3.05, 3.63) is 29.8 Å². The lowest BCUT2D eigenvalue weighted by Gasteiger charge is -2.36. The van der Waals surface area contributed by atoms with E-state index in [0.29, 0.717) is 24.9 Å². The van der Waals surface area contributed by atoms with Gasteiger partial charge in [0.1, 0.15) is 0 Å². The van der Waals surface area contributed by atoms with E-state index in [-0.39, 0.29) is 11.8 Å². The minimum Gasteiger partial charge on any atom is -0.822 e. The molecular formula is C13H16N2O6P-3. The van der Waals surface area contributed by atoms with Gasteiger partial charge in [-0.2, -0.15) is 7.82 Å². The third kappa shape index (κ3) is 4.92. The van der Waals surface area contributed by atoms with Crippen molar-refractivity contribution in [2.75, 3.05) is 5.73 Å². The molecule has 2 amide bonds. The summed E-state index contributed by atoms with van der Waals surface area (Å²) >= 11 is 0. The predicted octanol–water partition coefficient (Wildman–Crippen LogP) is -1.47. The van der Waals surface area contributed by atoms with Gasteiger partial charge in [-0.1, -0.05) is 19.1 Å². The Morgan fingerprint density at radius 3 is 2.14 bits per heavy atom. The van der Waals surface area contributed by atoms with Crippen LogP contribution in [0.25, 0.3) is 0 Å². The Balaban J connectivity index is 0.000000422. The van der Waals surface area contributed by atoms with Gasteiger partial charge >= 0.3 is 0 Å². The number of rotatable bonds is 2. The zero-order valence-corrected chi connectivity index (χ0v) is 12.8. The molecule has 1 heterocycles. The number of hydrogen-bond donors (Lipinski definition) is 2. The monoisotopic (exact) mass is 327 g/mol. The molecule has 22 heavy (non-hydrogen) atoms. The quantitative estimate of drug-likeness (QED) is 0.381. The molecule has 1 saturated heterocycles. The summed E-state index contributed by atoms with van der Waals surface area (Å²) in [5, 5.41) is 2.43. The minimum absolute atomic E-state index is 0.186. The second-order valence-corrected chi connectivity index (χ2v) is 5.78. The second-order valence-electron chi connectivity index (χ2n) is 4.88. The molecule has 1 atom stereocenters. The van der Waals surface area contributed by atoms with Gasteiger partial charge < -0.3 is 25.0 Å². The average Bonchev–Trinajstić information content (AvgIpc) is 2.39. The van der Waals surface area contributed by atoms with E-state index in [1.54, 1.807) is 12.1 Å². The van der Waals surface area contributed by atoms with Crippen molar-refractivity contribution in [2.24, 2.45) is 0 Å². The fourth-order valence-corrected chi connectivity index (χ4v) is 2.37. The number of nitrogens with two attached hydrogens (primary N) is 1. The van der Waals surface area contributed by atoms with Crippen molar-refractivity contribution in [1.82, 2.24) is 5.32 Å². The first kappa shape index (κ1) is 18.3. The van der Waals surface area contributed by atoms with Crippen molar-refractivity contribution in [3.63, 3.8) is 0 Å². The first-order chi connectivity index (χ1) is 10.1. The van der Waals surface area contributed by atoms with Crippen LogP contribution in [-0.2, 0) is 19.6 Å². The third-order valence-electron chi connectivity index (χ3n) is 3.53. The zero-order chi connectivity index (χ0) is 17.0. The zero-order valence-electron chi connectivity index (χ0n) is 11.9. The Kier molecular flexibility index (Phi) is 5.85. The van der Waals surface area contributed by atoms with Crippen molar-refractivity contribution in [3.8, 4) is 0 Å². The van der Waals surface area contributed by atoms with Crippen LogP contribution in [0.3, 0.4) is 0 Å². The fourth-order valence-electron chi connectivity index (χ4n) is 2.37. The van der Waals surface area contributed by atoms with E-state index in [1.165, 1.54) is 0 Å². The number of benzene rings is 1. The summed E-state index contributed by atoms with van der Waals surface area (Å²) in [6.45, 7) is 1.96. The first-order valence-electron chi connectivity index (χ1n) is 6.52. The first-order valence-corrected chi connectivity index (χ1v) is 7.98. The molecule has 0 radical (unpaired) electrons. The number of piperidine rings is 1. The molecule has 1 aromatic carbocycles. The summed E-state index contributed by atoms with van der Waals surface area (Å²) in [7, 11) is -5.39. The Morgan fingerprint density at radius 1 is 1.23 bits per heavy atom. The second kappa shape index (κ2) is 7.02. The topological polar surface area (TPSA) is 158 Å². The predicted molar refractivity (Wildman–Crippen MR) is 72.8 cm³/mol. The minimum atomic E-state index is -5.39. The molecule has 2 rings (SSSR count). The van der Waals surface area contributed by atoms with E-state index in [4.69, 9.17) is 25.0 Å². The highest BCUT2D eigenvalue weighted by Crippen LogP contribution is 2.35. The van der Waals surface area contributed by atoms with Crippen LogP contribution in [0.1, 0.15) is 31.7 Å². The van der Waals surface area contributed by atoms with Crippen LogP contribution in [0.5, 0.6) is 0 Å². The summed E-state index contributed by atoms with van der Waals surface area (Å²) in [6.07, 6.45) is 1.64. The summed E-state index contributed by atoms with van der Waals surface area (Å²) < 4.78 is 8.55. The number of imide groups is 1. The van der Waals surface area contributed by atoms with Gasteiger partial charge in [0.05, 0.1) is 5.41 Å². The number of anilines is 1. The largest absolute Gasteiger partial charge is 0.822 e. The number of amides is 2. The van der Waals surface area contributed by atoms with Gasteiger partial charge in [0.2, 0.25) is 11.8 Å². The van der Waals surface area contributed by atoms with E-state index in [2.05, 4.69) is 5.32 Å². The normalized spacial score (nSPS) is 21.6. The molecule has 1 aliphatic heterocycles. The third-order valence-corrected chi connectivity index (χ3v) is 3.53. The number of nitrogen functional groups attached to an aromatic ring is 1. The maximum atomic E-state index is 12.1. The highest BCUT2D eigenvalue weighted by atomic mass is 31.2. The van der Waals surface area contributed by atoms with Crippen molar-refractivity contribution < 1.29 is 28.8 Å². The molecule has 0 bridgehead atoms. The molecule has 1 fully saturated rings. The van der Waals surface area contributed by atoms with E-state index < -0.39 is 13.2 Å². The van der Waals surface area contributed by atoms with Crippen LogP contribution >= 0.6 is 7.82 Å². The molecule has 1 unspecified atom stereocenters. The molecule has 0 spiro atoms. The lowest BCUT2D eigenvalue weighted by molar-refractivity contribution is -0.432. The number of phosphoric acid groups is 1. The highest BCUT2D eigenvalue weighted by molar-refractivity contribution is 7.40. The molecule has 3 N–H and O–H groups in total. The number of hydrogen-bond acceptors (Lipinski definition) is 7. The van der Waals surface area contributed by atoms with Crippen LogP contribution in [0.15, 0.2) is 24.3 Å². The summed E-state index contributed by atoms with van der Waals surface area (Å²) in [4.78, 5) is 48.9. The standard InChI is InChI=1S/C13H16N2O2.H3O4P/c1-2-13(8-7-11(16)15-12(13)17)9-3-5-10(14)6-4-9;1-5(2,3)4/h3-6H,2,7-8,14H2,1H3,(H,15,16,17);(H3,1,2,3,4)/p-3. The molecule has 8 nitrogen and oxygen atoms in total. The number of carbonyl (C=O) groups is 2. The van der Waals surface area contributed by atoms with Gasteiger partial charge in [-0.3, -0.25) is 14.9 Å². The average molecular weight is 327 g/mol. The van der Waals surface area contributed by atoms with Gasteiger partial charge in [-0.05, 0) is 30.5 Å². The Bertz CT molecular complexity index is 589. The molecule has 9 heteroatoms. The van der Waals surface area contributed by atoms with Crippen molar-refractivity contribution in [2.45, 2.75) is 31.6 Å². The van der Waals surface area contributed by atoms with Gasteiger partial charge in [0.15, 0.2) is 0 Å². The molecular weight excluding hydrogens is 311 g/mol. The summed E-state index contributed by atoms with van der Waals surface area (Å²) in [6, 6.07) is 7.31. The highest BCUT2D eigenvalue weighted by Gasteiger charge is 2.42. The van der Waals surface area contributed by atoms with E-state index in [9.17, 15) is 9.59 Å². The maximum absolute atomic E-state index is 12.1. The van der Waals surface area contributed by atoms with Gasteiger partial charge in [-0.25, -0.2) is 0 Å². The van der Waals surface area contributed by atoms with Gasteiger partial charge in [0.25, 0.3) is 0 Å². The molecule has 0 aromatic heterocycles. The summed E-state index contributed by atoms with van der Waals surface area (Å²) in [5.41, 5.74) is 6.66. The SMILES string of the molecule is CCC1(c2ccc(N)cc2)CCC(=O)NC1=O.O=P([O-])([O-])[O-]. The van der Waals surface area contributed by atoms with Crippen LogP contribution < -0.4 is 25.7 Å². The Labute approximate surface area is 127 Å². The van der Waals surface area contributed by atoms with Crippen molar-refractivity contribution in [1.29, 1.82) is 0 Å². The number of nitrogens with one attached hydrogen (secondary N) is 1. The van der Waals surface area contributed by atoms with E-state index in [1.807, 2.05) is 19.1 Å². The van der Waals surface area contributed by atoms with Crippen LogP contribution in [0, 0.1) is 0 Å². The molecule has 1 aromatic rings. The molecule has 122 valence electrons.